The molecule has 0 unspecified atom stereocenters. The van der Waals surface area contributed by atoms with E-state index in [1.807, 2.05) is 0 Å². The van der Waals surface area contributed by atoms with Crippen LogP contribution < -0.4 is 5.32 Å². The van der Waals surface area contributed by atoms with E-state index in [1.54, 1.807) is 0 Å². The second-order valence-corrected chi connectivity index (χ2v) is 5.70. The van der Waals surface area contributed by atoms with Gasteiger partial charge in [0, 0.05) is 24.7 Å². The van der Waals surface area contributed by atoms with Gasteiger partial charge in [-0.05, 0) is 34.6 Å². The molecule has 3 heteroatoms. The summed E-state index contributed by atoms with van der Waals surface area (Å²) in [5.41, 5.74) is 0.221. The highest BCUT2D eigenvalue weighted by atomic mass is 16.5. The van der Waals surface area contributed by atoms with Gasteiger partial charge in [-0.25, -0.2) is 0 Å². The van der Waals surface area contributed by atoms with Crippen molar-refractivity contribution in [1.82, 2.24) is 10.2 Å². The van der Waals surface area contributed by atoms with Gasteiger partial charge in [0.05, 0.1) is 19.3 Å². The van der Waals surface area contributed by atoms with Gasteiger partial charge in [-0.3, -0.25) is 4.90 Å². The van der Waals surface area contributed by atoms with Gasteiger partial charge in [-0.1, -0.05) is 0 Å². The molecule has 0 spiro atoms. The molecule has 0 aliphatic carbocycles. The predicted octanol–water partition coefficient (Wildman–Crippen LogP) is 1.48. The van der Waals surface area contributed by atoms with Gasteiger partial charge in [0.15, 0.2) is 0 Å². The highest BCUT2D eigenvalue weighted by Gasteiger charge is 2.27. The van der Waals surface area contributed by atoms with Crippen molar-refractivity contribution in [3.05, 3.63) is 0 Å². The topological polar surface area (TPSA) is 24.5 Å². The van der Waals surface area contributed by atoms with Crippen LogP contribution in [0.5, 0.6) is 0 Å². The average Bonchev–Trinajstić information content (AvgIpc) is 1.96. The lowest BCUT2D eigenvalue weighted by Crippen LogP contribution is -2.54. The summed E-state index contributed by atoms with van der Waals surface area (Å²) in [6.45, 7) is 15.1. The van der Waals surface area contributed by atoms with Crippen LogP contribution in [0.3, 0.4) is 0 Å². The molecule has 0 amide bonds. The summed E-state index contributed by atoms with van der Waals surface area (Å²) >= 11 is 0. The molecular weight excluding hydrogens is 188 g/mol. The Hall–Kier alpha value is -0.120. The molecule has 0 radical (unpaired) electrons. The Kier molecular flexibility index (Phi) is 4.56. The molecule has 0 atom stereocenters. The SMILES string of the molecule is CC(C)N(CCNC(C)(C)C)C1COC1. The zero-order valence-electron chi connectivity index (χ0n) is 10.8. The molecule has 3 nitrogen and oxygen atoms in total. The molecule has 1 saturated heterocycles. The Balaban J connectivity index is 2.26. The Morgan fingerprint density at radius 3 is 2.27 bits per heavy atom. The van der Waals surface area contributed by atoms with Crippen molar-refractivity contribution in [3.63, 3.8) is 0 Å². The summed E-state index contributed by atoms with van der Waals surface area (Å²) in [6, 6.07) is 1.26. The van der Waals surface area contributed by atoms with Crippen LogP contribution in [0.4, 0.5) is 0 Å². The minimum absolute atomic E-state index is 0.221. The first-order chi connectivity index (χ1) is 6.90. The van der Waals surface area contributed by atoms with E-state index >= 15 is 0 Å². The third-order valence-corrected chi connectivity index (χ3v) is 2.78. The van der Waals surface area contributed by atoms with Crippen LogP contribution in [0.15, 0.2) is 0 Å². The molecule has 1 N–H and O–H groups in total. The zero-order chi connectivity index (χ0) is 11.5. The fraction of sp³-hybridized carbons (Fsp3) is 1.00. The number of hydrogen-bond donors (Lipinski definition) is 1. The number of nitrogens with zero attached hydrogens (tertiary/aromatic N) is 1. The second kappa shape index (κ2) is 5.28. The Morgan fingerprint density at radius 1 is 1.33 bits per heavy atom. The van der Waals surface area contributed by atoms with Gasteiger partial charge < -0.3 is 10.1 Å². The summed E-state index contributed by atoms with van der Waals surface area (Å²) in [5, 5.41) is 3.53. The maximum atomic E-state index is 5.25. The molecule has 0 aromatic rings. The lowest BCUT2D eigenvalue weighted by molar-refractivity contribution is -0.0747. The van der Waals surface area contributed by atoms with Crippen LogP contribution in [-0.2, 0) is 4.74 Å². The average molecular weight is 214 g/mol. The van der Waals surface area contributed by atoms with Crippen molar-refractivity contribution in [2.24, 2.45) is 0 Å². The van der Waals surface area contributed by atoms with Crippen LogP contribution >= 0.6 is 0 Å². The summed E-state index contributed by atoms with van der Waals surface area (Å²) < 4.78 is 5.25. The highest BCUT2D eigenvalue weighted by molar-refractivity contribution is 4.81. The minimum Gasteiger partial charge on any atom is -0.378 e. The first kappa shape index (κ1) is 12.9. The number of rotatable bonds is 5. The molecule has 1 rings (SSSR count). The molecule has 0 aromatic carbocycles. The van der Waals surface area contributed by atoms with Gasteiger partial charge in [-0.15, -0.1) is 0 Å². The van der Waals surface area contributed by atoms with Crippen molar-refractivity contribution in [1.29, 1.82) is 0 Å². The molecule has 0 aromatic heterocycles. The molecule has 15 heavy (non-hydrogen) atoms. The standard InChI is InChI=1S/C12H26N2O/c1-10(2)14(11-8-15-9-11)7-6-13-12(3,4)5/h10-11,13H,6-9H2,1-5H3. The van der Waals surface area contributed by atoms with E-state index in [0.717, 1.165) is 26.3 Å². The molecule has 90 valence electrons. The van der Waals surface area contributed by atoms with E-state index in [0.29, 0.717) is 12.1 Å². The normalized spacial score (nSPS) is 18.6. The Labute approximate surface area is 94.2 Å². The Bertz CT molecular complexity index is 183. The minimum atomic E-state index is 0.221. The first-order valence-electron chi connectivity index (χ1n) is 5.98. The van der Waals surface area contributed by atoms with Crippen molar-refractivity contribution in [2.75, 3.05) is 26.3 Å². The van der Waals surface area contributed by atoms with Gasteiger partial charge in [0.1, 0.15) is 0 Å². The van der Waals surface area contributed by atoms with Crippen molar-refractivity contribution >= 4 is 0 Å². The summed E-state index contributed by atoms with van der Waals surface area (Å²) in [5.74, 6) is 0. The molecule has 1 aliphatic heterocycles. The monoisotopic (exact) mass is 214 g/mol. The van der Waals surface area contributed by atoms with Crippen molar-refractivity contribution in [2.45, 2.75) is 52.2 Å². The van der Waals surface area contributed by atoms with Crippen LogP contribution in [0, 0.1) is 0 Å². The van der Waals surface area contributed by atoms with Crippen LogP contribution in [0.1, 0.15) is 34.6 Å². The van der Waals surface area contributed by atoms with E-state index in [2.05, 4.69) is 44.8 Å². The fourth-order valence-corrected chi connectivity index (χ4v) is 1.84. The van der Waals surface area contributed by atoms with E-state index in [4.69, 9.17) is 4.74 Å². The maximum absolute atomic E-state index is 5.25. The van der Waals surface area contributed by atoms with E-state index in [1.165, 1.54) is 0 Å². The number of nitrogens with one attached hydrogen (secondary N) is 1. The molecule has 0 saturated carbocycles. The lowest BCUT2D eigenvalue weighted by atomic mass is 10.1. The second-order valence-electron chi connectivity index (χ2n) is 5.70. The number of ether oxygens (including phenoxy) is 1. The van der Waals surface area contributed by atoms with Gasteiger partial charge >= 0.3 is 0 Å². The molecule has 1 fully saturated rings. The van der Waals surface area contributed by atoms with Gasteiger partial charge in [-0.2, -0.15) is 0 Å². The van der Waals surface area contributed by atoms with E-state index < -0.39 is 0 Å². The Morgan fingerprint density at radius 2 is 1.93 bits per heavy atom. The summed E-state index contributed by atoms with van der Waals surface area (Å²) in [4.78, 5) is 2.53. The van der Waals surface area contributed by atoms with Crippen LogP contribution in [0.2, 0.25) is 0 Å². The van der Waals surface area contributed by atoms with E-state index in [9.17, 15) is 0 Å². The van der Waals surface area contributed by atoms with Crippen LogP contribution in [-0.4, -0.2) is 48.8 Å². The maximum Gasteiger partial charge on any atom is 0.0645 e. The third-order valence-electron chi connectivity index (χ3n) is 2.78. The van der Waals surface area contributed by atoms with Crippen molar-refractivity contribution in [3.8, 4) is 0 Å². The smallest absolute Gasteiger partial charge is 0.0645 e. The zero-order valence-corrected chi connectivity index (χ0v) is 10.8. The lowest BCUT2D eigenvalue weighted by Gasteiger charge is -2.40. The largest absolute Gasteiger partial charge is 0.378 e. The third kappa shape index (κ3) is 4.49. The van der Waals surface area contributed by atoms with Gasteiger partial charge in [0.2, 0.25) is 0 Å². The summed E-state index contributed by atoms with van der Waals surface area (Å²) in [7, 11) is 0. The number of hydrogen-bond acceptors (Lipinski definition) is 3. The fourth-order valence-electron chi connectivity index (χ4n) is 1.84. The predicted molar refractivity (Wildman–Crippen MR) is 64.2 cm³/mol. The molecule has 1 heterocycles. The summed E-state index contributed by atoms with van der Waals surface area (Å²) in [6.07, 6.45) is 0. The quantitative estimate of drug-likeness (QED) is 0.750. The molecule has 0 bridgehead atoms. The van der Waals surface area contributed by atoms with E-state index in [-0.39, 0.29) is 5.54 Å². The van der Waals surface area contributed by atoms with Crippen molar-refractivity contribution < 1.29 is 4.74 Å². The molecular formula is C12H26N2O. The molecule has 1 aliphatic rings. The van der Waals surface area contributed by atoms with Crippen LogP contribution in [0.25, 0.3) is 0 Å². The highest BCUT2D eigenvalue weighted by Crippen LogP contribution is 2.13. The first-order valence-corrected chi connectivity index (χ1v) is 5.98. The van der Waals surface area contributed by atoms with Gasteiger partial charge in [0.25, 0.3) is 0 Å².